The smallest absolute Gasteiger partial charge is 0.274 e. The summed E-state index contributed by atoms with van der Waals surface area (Å²) in [4.78, 5) is 24.4. The van der Waals surface area contributed by atoms with Gasteiger partial charge in [0.15, 0.2) is 0 Å². The summed E-state index contributed by atoms with van der Waals surface area (Å²) in [6.07, 6.45) is -0.753. The van der Waals surface area contributed by atoms with E-state index in [1.54, 1.807) is 7.05 Å². The maximum absolute atomic E-state index is 11.9. The second kappa shape index (κ2) is 6.27. The van der Waals surface area contributed by atoms with Crippen molar-refractivity contribution in [1.29, 1.82) is 0 Å². The van der Waals surface area contributed by atoms with Gasteiger partial charge in [-0.15, -0.1) is 0 Å². The van der Waals surface area contributed by atoms with E-state index in [1.165, 1.54) is 31.2 Å². The monoisotopic (exact) mass is 255 g/mol. The van der Waals surface area contributed by atoms with Crippen molar-refractivity contribution >= 4 is 5.91 Å². The van der Waals surface area contributed by atoms with Crippen LogP contribution in [0.5, 0.6) is 0 Å². The molecule has 7 heteroatoms. The van der Waals surface area contributed by atoms with Crippen LogP contribution in [0, 0.1) is 0 Å². The van der Waals surface area contributed by atoms with Gasteiger partial charge in [-0.3, -0.25) is 9.59 Å². The number of hydrogen-bond acceptors (Lipinski definition) is 5. The molecule has 0 bridgehead atoms. The molecule has 100 valence electrons. The molecular formula is C11H17N3O4. The first kappa shape index (κ1) is 14.3. The Morgan fingerprint density at radius 2 is 2.28 bits per heavy atom. The first-order valence-corrected chi connectivity index (χ1v) is 5.42. The highest BCUT2D eigenvalue weighted by Gasteiger charge is 2.17. The molecule has 1 N–H and O–H groups in total. The number of ether oxygens (including phenoxy) is 1. The minimum absolute atomic E-state index is 0.136. The number of rotatable bonds is 5. The number of aromatic nitrogens is 2. The van der Waals surface area contributed by atoms with Crippen LogP contribution in [0.3, 0.4) is 0 Å². The molecule has 0 aliphatic carbocycles. The Kier molecular flexibility index (Phi) is 4.99. The number of nitrogens with zero attached hydrogens (tertiary/aromatic N) is 3. The minimum atomic E-state index is -0.753. The van der Waals surface area contributed by atoms with Crippen molar-refractivity contribution < 1.29 is 14.6 Å². The molecule has 18 heavy (non-hydrogen) atoms. The average Bonchev–Trinajstić information content (AvgIpc) is 2.32. The molecule has 1 heterocycles. The van der Waals surface area contributed by atoms with E-state index in [0.29, 0.717) is 0 Å². The van der Waals surface area contributed by atoms with Gasteiger partial charge in [0, 0.05) is 33.8 Å². The number of aliphatic hydroxyl groups is 1. The zero-order chi connectivity index (χ0) is 13.7. The molecule has 1 aromatic heterocycles. The van der Waals surface area contributed by atoms with Crippen molar-refractivity contribution in [2.24, 2.45) is 7.05 Å². The summed E-state index contributed by atoms with van der Waals surface area (Å²) in [6.45, 7) is 0.287. The Morgan fingerprint density at radius 3 is 2.83 bits per heavy atom. The molecule has 1 rings (SSSR count). The van der Waals surface area contributed by atoms with Crippen molar-refractivity contribution in [3.8, 4) is 0 Å². The van der Waals surface area contributed by atoms with Crippen LogP contribution in [-0.2, 0) is 11.8 Å². The van der Waals surface area contributed by atoms with Crippen LogP contribution >= 0.6 is 0 Å². The van der Waals surface area contributed by atoms with E-state index in [2.05, 4.69) is 5.10 Å². The first-order valence-electron chi connectivity index (χ1n) is 5.42. The van der Waals surface area contributed by atoms with Crippen LogP contribution in [0.1, 0.15) is 10.5 Å². The van der Waals surface area contributed by atoms with Gasteiger partial charge >= 0.3 is 0 Å². The van der Waals surface area contributed by atoms with Crippen LogP contribution in [0.25, 0.3) is 0 Å². The van der Waals surface area contributed by atoms with Crippen molar-refractivity contribution in [3.05, 3.63) is 28.2 Å². The summed E-state index contributed by atoms with van der Waals surface area (Å²) in [5, 5.41) is 13.4. The highest BCUT2D eigenvalue weighted by molar-refractivity contribution is 5.91. The van der Waals surface area contributed by atoms with Gasteiger partial charge in [-0.25, -0.2) is 4.68 Å². The van der Waals surface area contributed by atoms with Gasteiger partial charge in [0.25, 0.3) is 11.5 Å². The van der Waals surface area contributed by atoms with Crippen LogP contribution in [0.15, 0.2) is 16.9 Å². The first-order chi connectivity index (χ1) is 8.45. The average molecular weight is 255 g/mol. The van der Waals surface area contributed by atoms with Gasteiger partial charge in [-0.2, -0.15) is 5.10 Å². The van der Waals surface area contributed by atoms with Crippen molar-refractivity contribution in [2.45, 2.75) is 6.10 Å². The lowest BCUT2D eigenvalue weighted by Crippen LogP contribution is -2.37. The second-order valence-electron chi connectivity index (χ2n) is 3.98. The Hall–Kier alpha value is -1.73. The third-order valence-electron chi connectivity index (χ3n) is 2.37. The van der Waals surface area contributed by atoms with Gasteiger partial charge in [0.1, 0.15) is 5.69 Å². The number of amides is 1. The van der Waals surface area contributed by atoms with Crippen molar-refractivity contribution in [3.63, 3.8) is 0 Å². The maximum atomic E-state index is 11.9. The fraction of sp³-hybridized carbons (Fsp3) is 0.545. The molecule has 0 aliphatic heterocycles. The molecule has 1 aromatic rings. The quantitative estimate of drug-likeness (QED) is 0.719. The Labute approximate surface area is 105 Å². The lowest BCUT2D eigenvalue weighted by molar-refractivity contribution is 0.0377. The number of hydrogen-bond donors (Lipinski definition) is 1. The molecule has 0 aromatic carbocycles. The van der Waals surface area contributed by atoms with Crippen molar-refractivity contribution in [2.75, 3.05) is 27.3 Å². The lowest BCUT2D eigenvalue weighted by Gasteiger charge is -2.20. The van der Waals surface area contributed by atoms with Gasteiger partial charge in [-0.05, 0) is 6.07 Å². The second-order valence-corrected chi connectivity index (χ2v) is 3.98. The Balaban J connectivity index is 2.74. The van der Waals surface area contributed by atoms with Gasteiger partial charge in [-0.1, -0.05) is 0 Å². The predicted octanol–water partition coefficient (Wildman–Crippen LogP) is -1.14. The van der Waals surface area contributed by atoms with Crippen LogP contribution in [0.2, 0.25) is 0 Å². The van der Waals surface area contributed by atoms with E-state index in [-0.39, 0.29) is 30.3 Å². The van der Waals surface area contributed by atoms with E-state index in [4.69, 9.17) is 4.74 Å². The Bertz CT molecular complexity index is 472. The SMILES string of the molecule is COCC(O)CN(C)C(=O)c1ccc(=O)n(C)n1. The lowest BCUT2D eigenvalue weighted by atomic mass is 10.3. The number of likely N-dealkylation sites (N-methyl/N-ethyl adjacent to an activating group) is 1. The molecule has 0 spiro atoms. The molecule has 0 saturated carbocycles. The topological polar surface area (TPSA) is 84.7 Å². The third kappa shape index (κ3) is 3.64. The van der Waals surface area contributed by atoms with E-state index in [9.17, 15) is 14.7 Å². The normalized spacial score (nSPS) is 12.2. The van der Waals surface area contributed by atoms with Gasteiger partial charge < -0.3 is 14.7 Å². The fourth-order valence-corrected chi connectivity index (χ4v) is 1.46. The molecule has 0 aliphatic rings. The van der Waals surface area contributed by atoms with E-state index >= 15 is 0 Å². The zero-order valence-electron chi connectivity index (χ0n) is 10.7. The molecule has 1 atom stereocenters. The van der Waals surface area contributed by atoms with Crippen LogP contribution in [-0.4, -0.2) is 59.1 Å². The number of aliphatic hydroxyl groups excluding tert-OH is 1. The largest absolute Gasteiger partial charge is 0.389 e. The highest BCUT2D eigenvalue weighted by Crippen LogP contribution is 1.99. The number of carbonyl (C=O) groups excluding carboxylic acids is 1. The standard InChI is InChI=1S/C11H17N3O4/c1-13(6-8(15)7-18-3)11(17)9-4-5-10(16)14(2)12-9/h4-5,8,15H,6-7H2,1-3H3. The molecule has 1 unspecified atom stereocenters. The molecule has 0 saturated heterocycles. The number of aryl methyl sites for hydroxylation is 1. The third-order valence-corrected chi connectivity index (χ3v) is 2.37. The molecule has 1 amide bonds. The summed E-state index contributed by atoms with van der Waals surface area (Å²) in [7, 11) is 4.49. The maximum Gasteiger partial charge on any atom is 0.274 e. The summed E-state index contributed by atoms with van der Waals surface area (Å²) in [6, 6.07) is 2.64. The van der Waals surface area contributed by atoms with E-state index in [1.807, 2.05) is 0 Å². The van der Waals surface area contributed by atoms with Crippen LogP contribution in [0.4, 0.5) is 0 Å². The summed E-state index contributed by atoms with van der Waals surface area (Å²) in [5.41, 5.74) is -0.127. The summed E-state index contributed by atoms with van der Waals surface area (Å²) < 4.78 is 5.87. The fourth-order valence-electron chi connectivity index (χ4n) is 1.46. The molecule has 7 nitrogen and oxygen atoms in total. The molecule has 0 fully saturated rings. The number of carbonyl (C=O) groups is 1. The van der Waals surface area contributed by atoms with Crippen LogP contribution < -0.4 is 5.56 Å². The van der Waals surface area contributed by atoms with Gasteiger partial charge in [0.05, 0.1) is 12.7 Å². The molecule has 0 radical (unpaired) electrons. The minimum Gasteiger partial charge on any atom is -0.389 e. The van der Waals surface area contributed by atoms with Gasteiger partial charge in [0.2, 0.25) is 0 Å². The molecular weight excluding hydrogens is 238 g/mol. The van der Waals surface area contributed by atoms with E-state index in [0.717, 1.165) is 4.68 Å². The summed E-state index contributed by atoms with van der Waals surface area (Å²) in [5.74, 6) is -0.360. The summed E-state index contributed by atoms with van der Waals surface area (Å²) >= 11 is 0. The zero-order valence-corrected chi connectivity index (χ0v) is 10.7. The highest BCUT2D eigenvalue weighted by atomic mass is 16.5. The number of methoxy groups -OCH3 is 1. The van der Waals surface area contributed by atoms with E-state index < -0.39 is 6.10 Å². The van der Waals surface area contributed by atoms with Crippen molar-refractivity contribution in [1.82, 2.24) is 14.7 Å². The Morgan fingerprint density at radius 1 is 1.61 bits per heavy atom. The predicted molar refractivity (Wildman–Crippen MR) is 64.3 cm³/mol.